The molecule has 1 rings (SSSR count). The number of hydrogen-bond acceptors (Lipinski definition) is 7. The molecule has 18 heavy (non-hydrogen) atoms. The van der Waals surface area contributed by atoms with Crippen LogP contribution in [0.4, 0.5) is 0 Å². The third kappa shape index (κ3) is 2.94. The van der Waals surface area contributed by atoms with Crippen LogP contribution in [-0.4, -0.2) is 50.4 Å². The highest BCUT2D eigenvalue weighted by atomic mass is 35.5. The summed E-state index contributed by atoms with van der Waals surface area (Å²) in [6, 6.07) is 0. The first-order chi connectivity index (χ1) is 7.94. The fraction of sp³-hybridized carbons (Fsp3) is 0.286. The van der Waals surface area contributed by atoms with Crippen molar-refractivity contribution in [2.24, 2.45) is 0 Å². The first-order valence-electron chi connectivity index (χ1n) is 4.15. The van der Waals surface area contributed by atoms with Crippen molar-refractivity contribution in [1.29, 1.82) is 0 Å². The van der Waals surface area contributed by atoms with Gasteiger partial charge in [-0.05, 0) is 0 Å². The lowest BCUT2D eigenvalue weighted by molar-refractivity contribution is 0.0691. The third-order valence-corrected chi connectivity index (χ3v) is 3.83. The number of rotatable bonds is 3. The molecule has 11 heteroatoms. The van der Waals surface area contributed by atoms with Gasteiger partial charge in [0.1, 0.15) is 10.7 Å². The zero-order valence-electron chi connectivity index (χ0n) is 9.08. The Balaban J connectivity index is 3.86. The van der Waals surface area contributed by atoms with E-state index in [4.69, 9.17) is 16.7 Å². The van der Waals surface area contributed by atoms with Crippen molar-refractivity contribution in [3.8, 4) is 0 Å². The van der Waals surface area contributed by atoms with Crippen molar-refractivity contribution in [3.63, 3.8) is 0 Å². The Morgan fingerprint density at radius 2 is 1.61 bits per heavy atom. The van der Waals surface area contributed by atoms with Gasteiger partial charge in [-0.2, -0.15) is 0 Å². The van der Waals surface area contributed by atoms with Gasteiger partial charge in [0, 0.05) is 12.5 Å². The summed E-state index contributed by atoms with van der Waals surface area (Å²) in [5, 5.41) is 6.29. The van der Waals surface area contributed by atoms with Gasteiger partial charge in [0.05, 0.1) is 0 Å². The van der Waals surface area contributed by atoms with Gasteiger partial charge in [0.15, 0.2) is 14.9 Å². The van der Waals surface area contributed by atoms with Gasteiger partial charge < -0.3 is 5.11 Å². The highest BCUT2D eigenvalue weighted by Crippen LogP contribution is 2.22. The molecule has 0 saturated carbocycles. The Labute approximate surface area is 107 Å². The van der Waals surface area contributed by atoms with Gasteiger partial charge in [-0.1, -0.05) is 11.6 Å². The number of carbonyl (C=O) groups is 1. The summed E-state index contributed by atoms with van der Waals surface area (Å²) < 4.78 is 45.2. The minimum Gasteiger partial charge on any atom is -0.477 e. The van der Waals surface area contributed by atoms with Crippen molar-refractivity contribution < 1.29 is 26.7 Å². The molecule has 0 fully saturated rings. The average Bonchev–Trinajstić information content (AvgIpc) is 2.12. The Morgan fingerprint density at radius 1 is 1.11 bits per heavy atom. The molecular weight excluding hydrogens is 308 g/mol. The van der Waals surface area contributed by atoms with Crippen molar-refractivity contribution in [2.75, 3.05) is 12.5 Å². The molecule has 1 N–H and O–H groups in total. The van der Waals surface area contributed by atoms with Crippen LogP contribution in [0.25, 0.3) is 0 Å². The fourth-order valence-corrected chi connectivity index (χ4v) is 2.75. The maximum Gasteiger partial charge on any atom is 0.341 e. The Hall–Kier alpha value is -1.26. The zero-order chi connectivity index (χ0) is 14.3. The molecule has 0 radical (unpaired) electrons. The summed E-state index contributed by atoms with van der Waals surface area (Å²) in [7, 11) is -7.98. The zero-order valence-corrected chi connectivity index (χ0v) is 11.5. The van der Waals surface area contributed by atoms with E-state index in [1.54, 1.807) is 0 Å². The van der Waals surface area contributed by atoms with Gasteiger partial charge >= 0.3 is 5.97 Å². The van der Waals surface area contributed by atoms with Crippen LogP contribution in [0.5, 0.6) is 0 Å². The summed E-state index contributed by atoms with van der Waals surface area (Å²) in [5.41, 5.74) is -0.855. The molecule has 0 spiro atoms. The largest absolute Gasteiger partial charge is 0.477 e. The first kappa shape index (κ1) is 14.8. The molecule has 0 bridgehead atoms. The lowest BCUT2D eigenvalue weighted by Crippen LogP contribution is -2.16. The van der Waals surface area contributed by atoms with Crippen LogP contribution in [0.15, 0.2) is 10.2 Å². The maximum absolute atomic E-state index is 11.4. The highest BCUT2D eigenvalue weighted by molar-refractivity contribution is 7.91. The number of aromatic carboxylic acids is 1. The summed E-state index contributed by atoms with van der Waals surface area (Å²) in [6.07, 6.45) is 1.43. The quantitative estimate of drug-likeness (QED) is 0.590. The lowest BCUT2D eigenvalue weighted by atomic mass is 10.3. The number of carboxylic acid groups (broad SMARTS) is 1. The maximum atomic E-state index is 11.4. The van der Waals surface area contributed by atoms with Gasteiger partial charge in [-0.15, -0.1) is 0 Å². The predicted molar refractivity (Wildman–Crippen MR) is 60.2 cm³/mol. The van der Waals surface area contributed by atoms with E-state index in [0.29, 0.717) is 6.26 Å². The van der Waals surface area contributed by atoms with Crippen molar-refractivity contribution >= 4 is 37.2 Å². The predicted octanol–water partition coefficient (Wildman–Crippen LogP) is -0.365. The van der Waals surface area contributed by atoms with Crippen LogP contribution < -0.4 is 0 Å². The van der Waals surface area contributed by atoms with Crippen LogP contribution in [0.1, 0.15) is 10.4 Å². The average molecular weight is 315 g/mol. The Kier molecular flexibility index (Phi) is 3.65. The van der Waals surface area contributed by atoms with Crippen LogP contribution in [0, 0.1) is 0 Å². The molecule has 1 aromatic heterocycles. The molecule has 0 saturated heterocycles. The SMILES string of the molecule is CS(=O)(=O)c1nc(Cl)c(C(=O)O)c(S(C)(=O)=O)n1. The molecule has 0 atom stereocenters. The smallest absolute Gasteiger partial charge is 0.341 e. The molecule has 100 valence electrons. The van der Waals surface area contributed by atoms with E-state index in [1.807, 2.05) is 0 Å². The second kappa shape index (κ2) is 4.44. The number of nitrogens with zero attached hydrogens (tertiary/aromatic N) is 2. The van der Waals surface area contributed by atoms with Gasteiger partial charge in [0.2, 0.25) is 15.0 Å². The third-order valence-electron chi connectivity index (χ3n) is 1.71. The number of sulfone groups is 2. The van der Waals surface area contributed by atoms with Gasteiger partial charge in [0.25, 0.3) is 0 Å². The molecule has 0 aromatic carbocycles. The molecule has 0 unspecified atom stereocenters. The summed E-state index contributed by atoms with van der Waals surface area (Å²) in [5.74, 6) is -1.67. The minimum absolute atomic E-state index is 0.685. The molecule has 0 aliphatic heterocycles. The molecule has 0 amide bonds. The standard InChI is InChI=1S/C7H7ClN2O6S2/c1-17(13,14)5-3(6(11)12)4(8)9-7(10-5)18(2,15)16/h1-2H3,(H,11,12). The second-order valence-corrected chi connectivity index (χ2v) is 7.53. The molecule has 1 heterocycles. The summed E-state index contributed by atoms with van der Waals surface area (Å²) >= 11 is 5.48. The van der Waals surface area contributed by atoms with Crippen LogP contribution in [0.3, 0.4) is 0 Å². The first-order valence-corrected chi connectivity index (χ1v) is 8.31. The lowest BCUT2D eigenvalue weighted by Gasteiger charge is -2.06. The summed E-state index contributed by atoms with van der Waals surface area (Å²) in [4.78, 5) is 17.4. The van der Waals surface area contributed by atoms with E-state index in [0.717, 1.165) is 6.26 Å². The van der Waals surface area contributed by atoms with E-state index < -0.39 is 46.5 Å². The number of halogens is 1. The van der Waals surface area contributed by atoms with E-state index in [2.05, 4.69) is 9.97 Å². The Morgan fingerprint density at radius 3 is 1.94 bits per heavy atom. The van der Waals surface area contributed by atoms with Crippen LogP contribution in [0.2, 0.25) is 5.15 Å². The molecule has 0 aliphatic rings. The molecule has 1 aromatic rings. The van der Waals surface area contributed by atoms with Crippen molar-refractivity contribution in [1.82, 2.24) is 9.97 Å². The van der Waals surface area contributed by atoms with E-state index in [1.165, 1.54) is 0 Å². The fourth-order valence-electron chi connectivity index (χ4n) is 1.01. The summed E-state index contributed by atoms with van der Waals surface area (Å²) in [6.45, 7) is 0. The highest BCUT2D eigenvalue weighted by Gasteiger charge is 2.28. The second-order valence-electron chi connectivity index (χ2n) is 3.33. The monoisotopic (exact) mass is 314 g/mol. The van der Waals surface area contributed by atoms with E-state index >= 15 is 0 Å². The molecule has 0 aliphatic carbocycles. The van der Waals surface area contributed by atoms with Crippen molar-refractivity contribution in [2.45, 2.75) is 10.2 Å². The minimum atomic E-state index is -4.06. The number of carboxylic acids is 1. The molecular formula is C7H7ClN2O6S2. The molecule has 8 nitrogen and oxygen atoms in total. The van der Waals surface area contributed by atoms with Crippen molar-refractivity contribution in [3.05, 3.63) is 10.7 Å². The van der Waals surface area contributed by atoms with Crippen LogP contribution >= 0.6 is 11.6 Å². The topological polar surface area (TPSA) is 131 Å². The van der Waals surface area contributed by atoms with Gasteiger partial charge in [-0.3, -0.25) is 0 Å². The van der Waals surface area contributed by atoms with Crippen LogP contribution in [-0.2, 0) is 19.7 Å². The number of aromatic nitrogens is 2. The van der Waals surface area contributed by atoms with E-state index in [9.17, 15) is 21.6 Å². The number of hydrogen-bond donors (Lipinski definition) is 1. The van der Waals surface area contributed by atoms with Gasteiger partial charge in [-0.25, -0.2) is 31.6 Å². The Bertz CT molecular complexity index is 725. The van der Waals surface area contributed by atoms with E-state index in [-0.39, 0.29) is 0 Å². The normalized spacial score (nSPS) is 12.4.